The summed E-state index contributed by atoms with van der Waals surface area (Å²) >= 11 is 0. The van der Waals surface area contributed by atoms with Crippen molar-refractivity contribution in [1.82, 2.24) is 5.32 Å². The highest BCUT2D eigenvalue weighted by Gasteiger charge is 2.35. The maximum atomic E-state index is 13.5. The number of amides is 1. The third-order valence-corrected chi connectivity index (χ3v) is 6.96. The van der Waals surface area contributed by atoms with Gasteiger partial charge in [0, 0.05) is 29.3 Å². The predicted molar refractivity (Wildman–Crippen MR) is 133 cm³/mol. The fraction of sp³-hybridized carbons (Fsp3) is 0.481. The van der Waals surface area contributed by atoms with E-state index in [0.29, 0.717) is 23.9 Å². The maximum Gasteiger partial charge on any atom is 0.272 e. The van der Waals surface area contributed by atoms with E-state index in [-0.39, 0.29) is 17.3 Å². The maximum absolute atomic E-state index is 13.5. The lowest BCUT2D eigenvalue weighted by molar-refractivity contribution is -0.126. The minimum Gasteiger partial charge on any atom is -0.474 e. The molecule has 2 aliphatic heterocycles. The van der Waals surface area contributed by atoms with Gasteiger partial charge in [0.2, 0.25) is 6.10 Å². The molecule has 1 amide bonds. The molecule has 4 N–H and O–H groups in total. The van der Waals surface area contributed by atoms with Gasteiger partial charge in [-0.05, 0) is 57.7 Å². The van der Waals surface area contributed by atoms with Crippen LogP contribution in [0, 0.1) is 5.41 Å². The molecular formula is C27H36N4O2. The van der Waals surface area contributed by atoms with Gasteiger partial charge >= 0.3 is 0 Å². The average Bonchev–Trinajstić information content (AvgIpc) is 2.79. The number of nitrogens with one attached hydrogen (secondary N) is 2. The van der Waals surface area contributed by atoms with Crippen LogP contribution in [-0.2, 0) is 4.79 Å². The van der Waals surface area contributed by atoms with Crippen LogP contribution >= 0.6 is 0 Å². The number of hydrogen-bond donors (Lipinski definition) is 3. The molecule has 0 unspecified atom stereocenters. The molecular weight excluding hydrogens is 412 g/mol. The first-order valence-electron chi connectivity index (χ1n) is 12.2. The van der Waals surface area contributed by atoms with Gasteiger partial charge in [0.25, 0.3) is 5.91 Å². The zero-order valence-corrected chi connectivity index (χ0v) is 19.8. The van der Waals surface area contributed by atoms with E-state index in [2.05, 4.69) is 19.2 Å². The Kier molecular flexibility index (Phi) is 7.03. The Morgan fingerprint density at radius 3 is 2.82 bits per heavy atom. The molecule has 176 valence electrons. The number of nitrogens with zero attached hydrogens (tertiary/aromatic N) is 1. The Hall–Kier alpha value is -2.86. The first-order chi connectivity index (χ1) is 15.9. The van der Waals surface area contributed by atoms with Crippen molar-refractivity contribution in [2.45, 2.75) is 76.5 Å². The van der Waals surface area contributed by atoms with Crippen molar-refractivity contribution < 1.29 is 9.53 Å². The number of hydrogen-bond acceptors (Lipinski definition) is 4. The molecule has 3 atom stereocenters. The lowest BCUT2D eigenvalue weighted by atomic mass is 9.84. The van der Waals surface area contributed by atoms with Crippen molar-refractivity contribution >= 4 is 17.4 Å². The summed E-state index contributed by atoms with van der Waals surface area (Å²) in [5.74, 6) is 0.625. The molecule has 0 spiro atoms. The van der Waals surface area contributed by atoms with Crippen molar-refractivity contribution in [3.63, 3.8) is 0 Å². The van der Waals surface area contributed by atoms with E-state index in [1.54, 1.807) is 12.1 Å². The lowest BCUT2D eigenvalue weighted by Gasteiger charge is -2.39. The number of benzene rings is 2. The molecule has 2 aromatic rings. The number of para-hydroxylation sites is 2. The molecule has 0 aliphatic carbocycles. The molecule has 0 radical (unpaired) electrons. The van der Waals surface area contributed by atoms with E-state index < -0.39 is 6.10 Å². The van der Waals surface area contributed by atoms with Gasteiger partial charge in [-0.25, -0.2) is 0 Å². The standard InChI is InChI=1S/C27H36N4O2/c1-19-10-9-16-27(2,30-19)15-6-3-7-17-31-22-13-4-5-14-23(22)33-24(26(31)32)20-11-8-12-21(18-20)25(28)29/h4-5,8,11-14,18-19,24,30H,3,6-7,9-10,15-17H2,1-2H3,(H3,28,29)/t19-,24-,27+/m0/s1. The Morgan fingerprint density at radius 2 is 2.03 bits per heavy atom. The third-order valence-electron chi connectivity index (χ3n) is 6.96. The molecule has 2 heterocycles. The molecule has 0 bridgehead atoms. The van der Waals surface area contributed by atoms with Crippen molar-refractivity contribution in [3.8, 4) is 5.75 Å². The number of unbranched alkanes of at least 4 members (excludes halogenated alkanes) is 2. The number of nitrogen functional groups attached to an aromatic ring is 1. The number of carbonyl (C=O) groups is 1. The number of carbonyl (C=O) groups excluding carboxylic acids is 1. The summed E-state index contributed by atoms with van der Waals surface area (Å²) in [7, 11) is 0. The predicted octanol–water partition coefficient (Wildman–Crippen LogP) is 4.92. The Labute approximate surface area is 197 Å². The lowest BCUT2D eigenvalue weighted by Crippen LogP contribution is -2.50. The summed E-state index contributed by atoms with van der Waals surface area (Å²) in [6.45, 7) is 5.30. The fourth-order valence-corrected chi connectivity index (χ4v) is 5.22. The Balaban J connectivity index is 1.42. The van der Waals surface area contributed by atoms with Crippen LogP contribution < -0.4 is 20.7 Å². The van der Waals surface area contributed by atoms with Gasteiger partial charge < -0.3 is 20.7 Å². The van der Waals surface area contributed by atoms with Crippen LogP contribution in [0.2, 0.25) is 0 Å². The second-order valence-electron chi connectivity index (χ2n) is 9.80. The van der Waals surface area contributed by atoms with Crippen LogP contribution in [0.15, 0.2) is 48.5 Å². The highest BCUT2D eigenvalue weighted by atomic mass is 16.5. The topological polar surface area (TPSA) is 91.4 Å². The Bertz CT molecular complexity index is 1010. The molecule has 4 rings (SSSR count). The second-order valence-corrected chi connectivity index (χ2v) is 9.80. The quantitative estimate of drug-likeness (QED) is 0.304. The minimum absolute atomic E-state index is 0.0205. The second kappa shape index (κ2) is 9.96. The van der Waals surface area contributed by atoms with Gasteiger partial charge in [-0.2, -0.15) is 0 Å². The number of piperidine rings is 1. The van der Waals surface area contributed by atoms with Crippen LogP contribution in [0.3, 0.4) is 0 Å². The highest BCUT2D eigenvalue weighted by Crippen LogP contribution is 2.39. The van der Waals surface area contributed by atoms with Crippen LogP contribution in [-0.4, -0.2) is 29.9 Å². The summed E-state index contributed by atoms with van der Waals surface area (Å²) in [6.07, 6.45) is 7.45. The monoisotopic (exact) mass is 448 g/mol. The third kappa shape index (κ3) is 5.38. The molecule has 1 fully saturated rings. The van der Waals surface area contributed by atoms with E-state index in [1.807, 2.05) is 41.3 Å². The smallest absolute Gasteiger partial charge is 0.272 e. The van der Waals surface area contributed by atoms with Gasteiger partial charge in [0.15, 0.2) is 0 Å². The molecule has 1 saturated heterocycles. The molecule has 2 aromatic carbocycles. The average molecular weight is 449 g/mol. The molecule has 6 heteroatoms. The zero-order valence-electron chi connectivity index (χ0n) is 19.8. The van der Waals surface area contributed by atoms with Gasteiger partial charge in [-0.15, -0.1) is 0 Å². The van der Waals surface area contributed by atoms with Gasteiger partial charge in [0.1, 0.15) is 11.6 Å². The van der Waals surface area contributed by atoms with E-state index >= 15 is 0 Å². The Morgan fingerprint density at radius 1 is 1.21 bits per heavy atom. The van der Waals surface area contributed by atoms with Crippen molar-refractivity contribution in [3.05, 3.63) is 59.7 Å². The number of anilines is 1. The first-order valence-corrected chi connectivity index (χ1v) is 12.2. The van der Waals surface area contributed by atoms with Crippen LogP contribution in [0.25, 0.3) is 0 Å². The number of fused-ring (bicyclic) bond motifs is 1. The molecule has 6 nitrogen and oxygen atoms in total. The van der Waals surface area contributed by atoms with Crippen molar-refractivity contribution in [2.75, 3.05) is 11.4 Å². The molecule has 2 aliphatic rings. The largest absolute Gasteiger partial charge is 0.474 e. The van der Waals surface area contributed by atoms with E-state index in [4.69, 9.17) is 15.9 Å². The molecule has 33 heavy (non-hydrogen) atoms. The fourth-order valence-electron chi connectivity index (χ4n) is 5.22. The van der Waals surface area contributed by atoms with Crippen LogP contribution in [0.4, 0.5) is 5.69 Å². The summed E-state index contributed by atoms with van der Waals surface area (Å²) in [6, 6.07) is 15.5. The molecule has 0 saturated carbocycles. The van der Waals surface area contributed by atoms with Gasteiger partial charge in [-0.1, -0.05) is 49.6 Å². The summed E-state index contributed by atoms with van der Waals surface area (Å²) in [4.78, 5) is 15.3. The summed E-state index contributed by atoms with van der Waals surface area (Å²) in [5, 5.41) is 11.5. The highest BCUT2D eigenvalue weighted by molar-refractivity contribution is 6.01. The van der Waals surface area contributed by atoms with Crippen molar-refractivity contribution in [1.29, 1.82) is 5.41 Å². The number of rotatable bonds is 8. The zero-order chi connectivity index (χ0) is 23.4. The van der Waals surface area contributed by atoms with E-state index in [1.165, 1.54) is 25.7 Å². The number of nitrogens with two attached hydrogens (primary N) is 1. The van der Waals surface area contributed by atoms with E-state index in [0.717, 1.165) is 30.5 Å². The minimum atomic E-state index is -0.731. The molecule has 0 aromatic heterocycles. The number of ether oxygens (including phenoxy) is 1. The summed E-state index contributed by atoms with van der Waals surface area (Å²) in [5.41, 5.74) is 8.04. The normalized spacial score (nSPS) is 24.8. The van der Waals surface area contributed by atoms with Gasteiger partial charge in [-0.3, -0.25) is 10.2 Å². The van der Waals surface area contributed by atoms with E-state index in [9.17, 15) is 4.79 Å². The van der Waals surface area contributed by atoms with Crippen LogP contribution in [0.1, 0.15) is 76.0 Å². The summed E-state index contributed by atoms with van der Waals surface area (Å²) < 4.78 is 6.11. The van der Waals surface area contributed by atoms with Gasteiger partial charge in [0.05, 0.1) is 5.69 Å². The SMILES string of the molecule is C[C@H]1CCC[C@@](C)(CCCCCN2C(=O)[C@H](c3cccc(C(=N)N)c3)Oc3ccccc32)N1. The van der Waals surface area contributed by atoms with Crippen molar-refractivity contribution in [2.24, 2.45) is 5.73 Å². The first kappa shape index (κ1) is 23.3. The van der Waals surface area contributed by atoms with Crippen LogP contribution in [0.5, 0.6) is 5.75 Å². The number of amidine groups is 1.